The van der Waals surface area contributed by atoms with E-state index in [2.05, 4.69) is 17.4 Å². The molecular formula is C22H22N2O4S. The van der Waals surface area contributed by atoms with Gasteiger partial charge in [0.25, 0.3) is 0 Å². The Morgan fingerprint density at radius 1 is 1.10 bits per heavy atom. The van der Waals surface area contributed by atoms with E-state index in [-0.39, 0.29) is 30.2 Å². The fourth-order valence-corrected chi connectivity index (χ4v) is 5.24. The van der Waals surface area contributed by atoms with Crippen molar-refractivity contribution in [2.24, 2.45) is 5.92 Å². The highest BCUT2D eigenvalue weighted by Crippen LogP contribution is 2.38. The summed E-state index contributed by atoms with van der Waals surface area (Å²) in [6.45, 7) is 1.41. The van der Waals surface area contributed by atoms with Crippen LogP contribution in [0, 0.1) is 5.92 Å². The van der Waals surface area contributed by atoms with Crippen molar-refractivity contribution in [3.8, 4) is 11.5 Å². The molecule has 0 unspecified atom stereocenters. The molecule has 29 heavy (non-hydrogen) atoms. The second-order valence-corrected chi connectivity index (χ2v) is 8.61. The molecule has 3 heterocycles. The lowest BCUT2D eigenvalue weighted by atomic mass is 10.0. The number of anilines is 1. The summed E-state index contributed by atoms with van der Waals surface area (Å²) in [5.41, 5.74) is 1.92. The Hall–Kier alpha value is -2.67. The van der Waals surface area contributed by atoms with Crippen LogP contribution in [-0.2, 0) is 9.59 Å². The summed E-state index contributed by atoms with van der Waals surface area (Å²) in [6.07, 6.45) is 1.13. The normalized spacial score (nSPS) is 22.9. The third kappa shape index (κ3) is 3.55. The molecule has 0 saturated carbocycles. The summed E-state index contributed by atoms with van der Waals surface area (Å²) in [5, 5.41) is 3.18. The first kappa shape index (κ1) is 18.4. The van der Waals surface area contributed by atoms with Crippen molar-refractivity contribution in [1.82, 2.24) is 5.32 Å². The molecule has 0 aromatic heterocycles. The largest absolute Gasteiger partial charge is 0.486 e. The maximum Gasteiger partial charge on any atom is 0.227 e. The van der Waals surface area contributed by atoms with Gasteiger partial charge in [-0.1, -0.05) is 18.2 Å². The number of thioether (sulfide) groups is 1. The number of rotatable bonds is 3. The van der Waals surface area contributed by atoms with Crippen LogP contribution in [0.25, 0.3) is 0 Å². The molecule has 1 N–H and O–H groups in total. The predicted octanol–water partition coefficient (Wildman–Crippen LogP) is 3.16. The molecule has 0 bridgehead atoms. The van der Waals surface area contributed by atoms with Crippen LogP contribution in [-0.4, -0.2) is 37.3 Å². The van der Waals surface area contributed by atoms with E-state index in [1.54, 1.807) is 4.90 Å². The van der Waals surface area contributed by atoms with Crippen LogP contribution in [0.4, 0.5) is 5.69 Å². The number of fused-ring (bicyclic) bond motifs is 2. The molecule has 3 aliphatic heterocycles. The minimum absolute atomic E-state index is 0.0124. The van der Waals surface area contributed by atoms with Gasteiger partial charge >= 0.3 is 0 Å². The zero-order valence-corrected chi connectivity index (χ0v) is 16.7. The van der Waals surface area contributed by atoms with Crippen LogP contribution in [0.15, 0.2) is 47.4 Å². The minimum atomic E-state index is -0.350. The van der Waals surface area contributed by atoms with E-state index in [1.165, 1.54) is 10.5 Å². The van der Waals surface area contributed by atoms with Gasteiger partial charge in [0.1, 0.15) is 13.2 Å². The van der Waals surface area contributed by atoms with Crippen LogP contribution in [0.1, 0.15) is 24.4 Å². The van der Waals surface area contributed by atoms with Crippen molar-refractivity contribution >= 4 is 29.3 Å². The van der Waals surface area contributed by atoms with Crippen LogP contribution in [0.2, 0.25) is 0 Å². The molecule has 0 aliphatic carbocycles. The number of benzene rings is 2. The molecule has 1 fully saturated rings. The third-order valence-corrected chi connectivity index (χ3v) is 6.73. The summed E-state index contributed by atoms with van der Waals surface area (Å²) in [5.74, 6) is 1.87. The molecular weight excluding hydrogens is 388 g/mol. The van der Waals surface area contributed by atoms with E-state index < -0.39 is 0 Å². The van der Waals surface area contributed by atoms with Gasteiger partial charge in [-0.3, -0.25) is 9.59 Å². The fraction of sp³-hybridized carbons (Fsp3) is 0.364. The van der Waals surface area contributed by atoms with E-state index in [4.69, 9.17) is 9.47 Å². The summed E-state index contributed by atoms with van der Waals surface area (Å²) in [6, 6.07) is 13.7. The SMILES string of the molecule is O=C(N[C@@H]1CCSc2ccccc21)[C@@H]1CC(=O)N(c2ccc3c(c2)OCCO3)C1. The Morgan fingerprint density at radius 2 is 1.93 bits per heavy atom. The first-order valence-corrected chi connectivity index (χ1v) is 10.9. The smallest absolute Gasteiger partial charge is 0.227 e. The van der Waals surface area contributed by atoms with E-state index in [1.807, 2.05) is 42.1 Å². The maximum absolute atomic E-state index is 12.9. The average Bonchev–Trinajstić information content (AvgIpc) is 3.15. The highest BCUT2D eigenvalue weighted by Gasteiger charge is 2.36. The number of hydrogen-bond acceptors (Lipinski definition) is 5. The standard InChI is InChI=1S/C22H22N2O4S/c25-21-11-14(13-24(21)15-5-6-18-19(12-15)28-9-8-27-18)22(26)23-17-7-10-29-20-4-2-1-3-16(17)20/h1-6,12,14,17H,7-11,13H2,(H,23,26)/t14-,17-/m1/s1. The first-order chi connectivity index (χ1) is 14.2. The van der Waals surface area contributed by atoms with Crippen molar-refractivity contribution in [1.29, 1.82) is 0 Å². The highest BCUT2D eigenvalue weighted by molar-refractivity contribution is 7.99. The molecule has 0 spiro atoms. The topological polar surface area (TPSA) is 67.9 Å². The lowest BCUT2D eigenvalue weighted by Crippen LogP contribution is -2.36. The number of ether oxygens (including phenoxy) is 2. The Kier molecular flexibility index (Phi) is 4.83. The predicted molar refractivity (Wildman–Crippen MR) is 111 cm³/mol. The monoisotopic (exact) mass is 410 g/mol. The highest BCUT2D eigenvalue weighted by atomic mass is 32.2. The number of hydrogen-bond donors (Lipinski definition) is 1. The van der Waals surface area contributed by atoms with Gasteiger partial charge in [-0.2, -0.15) is 0 Å². The lowest BCUT2D eigenvalue weighted by molar-refractivity contribution is -0.127. The van der Waals surface area contributed by atoms with Crippen LogP contribution in [0.5, 0.6) is 11.5 Å². The molecule has 6 nitrogen and oxygen atoms in total. The second kappa shape index (κ2) is 7.63. The van der Waals surface area contributed by atoms with Gasteiger partial charge in [0.15, 0.2) is 11.5 Å². The average molecular weight is 410 g/mol. The molecule has 7 heteroatoms. The van der Waals surface area contributed by atoms with E-state index in [9.17, 15) is 9.59 Å². The quantitative estimate of drug-likeness (QED) is 0.842. The van der Waals surface area contributed by atoms with Crippen LogP contribution >= 0.6 is 11.8 Å². The molecule has 1 saturated heterocycles. The molecule has 2 atom stereocenters. The lowest BCUT2D eigenvalue weighted by Gasteiger charge is -2.27. The zero-order valence-electron chi connectivity index (χ0n) is 15.9. The number of carbonyl (C=O) groups is 2. The maximum atomic E-state index is 12.9. The van der Waals surface area contributed by atoms with Crippen molar-refractivity contribution < 1.29 is 19.1 Å². The van der Waals surface area contributed by atoms with Gasteiger partial charge in [0.2, 0.25) is 11.8 Å². The van der Waals surface area contributed by atoms with Crippen molar-refractivity contribution in [3.05, 3.63) is 48.0 Å². The Balaban J connectivity index is 1.29. The summed E-state index contributed by atoms with van der Waals surface area (Å²) < 4.78 is 11.2. The Bertz CT molecular complexity index is 964. The number of nitrogens with zero attached hydrogens (tertiary/aromatic N) is 1. The summed E-state index contributed by atoms with van der Waals surface area (Å²) >= 11 is 1.83. The summed E-state index contributed by atoms with van der Waals surface area (Å²) in [4.78, 5) is 28.5. The minimum Gasteiger partial charge on any atom is -0.486 e. The molecule has 3 aliphatic rings. The van der Waals surface area contributed by atoms with E-state index in [0.717, 1.165) is 17.9 Å². The first-order valence-electron chi connectivity index (χ1n) is 9.91. The zero-order chi connectivity index (χ0) is 19.8. The van der Waals surface area contributed by atoms with E-state index in [0.29, 0.717) is 31.3 Å². The van der Waals surface area contributed by atoms with Crippen LogP contribution in [0.3, 0.4) is 0 Å². The molecule has 150 valence electrons. The van der Waals surface area contributed by atoms with Gasteiger partial charge in [0, 0.05) is 35.4 Å². The van der Waals surface area contributed by atoms with E-state index >= 15 is 0 Å². The van der Waals surface area contributed by atoms with Gasteiger partial charge < -0.3 is 19.7 Å². The third-order valence-electron chi connectivity index (χ3n) is 5.61. The van der Waals surface area contributed by atoms with Gasteiger partial charge in [-0.25, -0.2) is 0 Å². The fourth-order valence-electron chi connectivity index (χ4n) is 4.11. The summed E-state index contributed by atoms with van der Waals surface area (Å²) in [7, 11) is 0. The van der Waals surface area contributed by atoms with Crippen molar-refractivity contribution in [2.75, 3.05) is 30.4 Å². The molecule has 2 aromatic carbocycles. The molecule has 2 amide bonds. The Labute approximate surface area is 173 Å². The number of amides is 2. The molecule has 0 radical (unpaired) electrons. The van der Waals surface area contributed by atoms with Gasteiger partial charge in [-0.15, -0.1) is 11.8 Å². The number of carbonyl (C=O) groups excluding carboxylic acids is 2. The number of nitrogens with one attached hydrogen (secondary N) is 1. The van der Waals surface area contributed by atoms with Gasteiger partial charge in [-0.05, 0) is 30.2 Å². The second-order valence-electron chi connectivity index (χ2n) is 7.47. The van der Waals surface area contributed by atoms with Crippen LogP contribution < -0.4 is 19.7 Å². The van der Waals surface area contributed by atoms with Crippen molar-refractivity contribution in [2.45, 2.75) is 23.8 Å². The molecule has 2 aromatic rings. The van der Waals surface area contributed by atoms with Gasteiger partial charge in [0.05, 0.1) is 12.0 Å². The molecule has 5 rings (SSSR count). The Morgan fingerprint density at radius 3 is 2.83 bits per heavy atom. The van der Waals surface area contributed by atoms with Crippen molar-refractivity contribution in [3.63, 3.8) is 0 Å².